The zero-order valence-corrected chi connectivity index (χ0v) is 14.1. The van der Waals surface area contributed by atoms with Crippen molar-refractivity contribution >= 4 is 27.3 Å². The molecule has 0 saturated carbocycles. The zero-order chi connectivity index (χ0) is 17.7. The third-order valence-electron chi connectivity index (χ3n) is 3.18. The largest absolute Gasteiger partial charge is 0.495 e. The van der Waals surface area contributed by atoms with Gasteiger partial charge in [0, 0.05) is 0 Å². The first-order chi connectivity index (χ1) is 11.3. The van der Waals surface area contributed by atoms with Gasteiger partial charge in [-0.1, -0.05) is 18.2 Å². The molecule has 0 aliphatic rings. The fourth-order valence-corrected chi connectivity index (χ4v) is 3.00. The third-order valence-corrected chi connectivity index (χ3v) is 4.57. The van der Waals surface area contributed by atoms with E-state index in [0.717, 1.165) is 0 Å². The van der Waals surface area contributed by atoms with E-state index in [4.69, 9.17) is 10.5 Å². The summed E-state index contributed by atoms with van der Waals surface area (Å²) in [7, 11) is -2.27. The van der Waals surface area contributed by atoms with Crippen molar-refractivity contribution in [2.45, 2.75) is 17.9 Å². The van der Waals surface area contributed by atoms with Crippen LogP contribution in [0.1, 0.15) is 6.92 Å². The molecule has 1 amide bonds. The van der Waals surface area contributed by atoms with Crippen molar-refractivity contribution in [3.63, 3.8) is 0 Å². The first-order valence-corrected chi connectivity index (χ1v) is 8.64. The number of anilines is 2. The Morgan fingerprint density at radius 2 is 1.83 bits per heavy atom. The molecule has 2 aromatic carbocycles. The monoisotopic (exact) mass is 349 g/mol. The van der Waals surface area contributed by atoms with Crippen LogP contribution >= 0.6 is 0 Å². The highest BCUT2D eigenvalue weighted by Gasteiger charge is 2.16. The summed E-state index contributed by atoms with van der Waals surface area (Å²) in [6.45, 7) is 1.55. The Morgan fingerprint density at radius 3 is 2.42 bits per heavy atom. The molecule has 0 bridgehead atoms. The molecule has 0 aromatic heterocycles. The zero-order valence-electron chi connectivity index (χ0n) is 13.3. The van der Waals surface area contributed by atoms with E-state index in [1.54, 1.807) is 37.3 Å². The van der Waals surface area contributed by atoms with E-state index in [1.807, 2.05) is 0 Å². The van der Waals surface area contributed by atoms with Crippen LogP contribution in [-0.4, -0.2) is 27.5 Å². The topological polar surface area (TPSA) is 111 Å². The molecule has 24 heavy (non-hydrogen) atoms. The Labute approximate surface area is 140 Å². The number of carbonyl (C=O) groups is 1. The molecule has 1 atom stereocenters. The average molecular weight is 349 g/mol. The standard InChI is InChI=1S/C16H19N3O4S/c1-11(17)16(20)18-14-10-12(8-9-15(14)23-2)19-24(21,22)13-6-4-3-5-7-13/h3-11,19H,17H2,1-2H3,(H,18,20)/t11-/m0/s1. The number of nitrogens with one attached hydrogen (secondary N) is 2. The summed E-state index contributed by atoms with van der Waals surface area (Å²) in [5, 5.41) is 2.60. The van der Waals surface area contributed by atoms with Gasteiger partial charge in [0.25, 0.3) is 10.0 Å². The van der Waals surface area contributed by atoms with E-state index in [0.29, 0.717) is 17.1 Å². The first-order valence-electron chi connectivity index (χ1n) is 7.16. The summed E-state index contributed by atoms with van der Waals surface area (Å²) >= 11 is 0. The lowest BCUT2D eigenvalue weighted by Gasteiger charge is -2.14. The Morgan fingerprint density at radius 1 is 1.17 bits per heavy atom. The van der Waals surface area contributed by atoms with Crippen molar-refractivity contribution in [3.05, 3.63) is 48.5 Å². The number of amides is 1. The van der Waals surface area contributed by atoms with Crippen molar-refractivity contribution in [3.8, 4) is 5.75 Å². The molecule has 2 rings (SSSR count). The van der Waals surface area contributed by atoms with Crippen molar-refractivity contribution in [1.29, 1.82) is 0 Å². The molecule has 8 heteroatoms. The maximum atomic E-state index is 12.3. The quantitative estimate of drug-likeness (QED) is 0.736. The van der Waals surface area contributed by atoms with Gasteiger partial charge in [0.1, 0.15) is 5.75 Å². The molecule has 128 valence electrons. The van der Waals surface area contributed by atoms with Crippen molar-refractivity contribution in [2.75, 3.05) is 17.1 Å². The molecular formula is C16H19N3O4S. The van der Waals surface area contributed by atoms with E-state index in [2.05, 4.69) is 10.0 Å². The van der Waals surface area contributed by atoms with Crippen LogP contribution in [0.2, 0.25) is 0 Å². The van der Waals surface area contributed by atoms with Crippen molar-refractivity contribution in [2.24, 2.45) is 5.73 Å². The lowest BCUT2D eigenvalue weighted by Crippen LogP contribution is -2.32. The number of benzene rings is 2. The number of rotatable bonds is 6. The van der Waals surface area contributed by atoms with Crippen molar-refractivity contribution < 1.29 is 17.9 Å². The van der Waals surface area contributed by atoms with Gasteiger partial charge in [-0.2, -0.15) is 0 Å². The van der Waals surface area contributed by atoms with Crippen LogP contribution < -0.4 is 20.5 Å². The SMILES string of the molecule is COc1ccc(NS(=O)(=O)c2ccccc2)cc1NC(=O)[C@H](C)N. The van der Waals surface area contributed by atoms with E-state index in [9.17, 15) is 13.2 Å². The van der Waals surface area contributed by atoms with E-state index in [1.165, 1.54) is 25.3 Å². The molecular weight excluding hydrogens is 330 g/mol. The Balaban J connectivity index is 2.30. The summed E-state index contributed by atoms with van der Waals surface area (Å²) in [6.07, 6.45) is 0. The van der Waals surface area contributed by atoms with Gasteiger partial charge in [-0.05, 0) is 37.3 Å². The van der Waals surface area contributed by atoms with Crippen LogP contribution in [0.15, 0.2) is 53.4 Å². The number of ether oxygens (including phenoxy) is 1. The molecule has 0 spiro atoms. The van der Waals surface area contributed by atoms with Gasteiger partial charge in [-0.25, -0.2) is 8.42 Å². The molecule has 0 fully saturated rings. The Kier molecular flexibility index (Phi) is 5.42. The molecule has 0 heterocycles. The number of methoxy groups -OCH3 is 1. The highest BCUT2D eigenvalue weighted by atomic mass is 32.2. The molecule has 2 aromatic rings. The molecule has 0 aliphatic heterocycles. The van der Waals surface area contributed by atoms with Gasteiger partial charge < -0.3 is 15.8 Å². The number of hydrogen-bond donors (Lipinski definition) is 3. The van der Waals surface area contributed by atoms with E-state index < -0.39 is 22.0 Å². The maximum Gasteiger partial charge on any atom is 0.261 e. The van der Waals surface area contributed by atoms with Gasteiger partial charge in [-0.15, -0.1) is 0 Å². The van der Waals surface area contributed by atoms with Gasteiger partial charge in [0.05, 0.1) is 29.4 Å². The summed E-state index contributed by atoms with van der Waals surface area (Å²) in [5.74, 6) is -0.0111. The second kappa shape index (κ2) is 7.33. The average Bonchev–Trinajstić information content (AvgIpc) is 2.55. The molecule has 0 unspecified atom stereocenters. The summed E-state index contributed by atoms with van der Waals surface area (Å²) < 4.78 is 32.3. The third kappa shape index (κ3) is 4.24. The second-order valence-corrected chi connectivity index (χ2v) is 6.79. The van der Waals surface area contributed by atoms with Gasteiger partial charge in [0.15, 0.2) is 0 Å². The minimum absolute atomic E-state index is 0.141. The molecule has 0 saturated heterocycles. The predicted octanol–water partition coefficient (Wildman–Crippen LogP) is 1.78. The lowest BCUT2D eigenvalue weighted by atomic mass is 10.2. The highest BCUT2D eigenvalue weighted by Crippen LogP contribution is 2.29. The van der Waals surface area contributed by atoms with Crippen LogP contribution in [0.4, 0.5) is 11.4 Å². The van der Waals surface area contributed by atoms with E-state index in [-0.39, 0.29) is 4.90 Å². The van der Waals surface area contributed by atoms with Gasteiger partial charge in [-0.3, -0.25) is 9.52 Å². The minimum Gasteiger partial charge on any atom is -0.495 e. The Bertz CT molecular complexity index is 820. The van der Waals surface area contributed by atoms with Crippen LogP contribution in [0, 0.1) is 0 Å². The van der Waals surface area contributed by atoms with Crippen LogP contribution in [0.3, 0.4) is 0 Å². The molecule has 0 radical (unpaired) electrons. The normalized spacial score (nSPS) is 12.3. The van der Waals surface area contributed by atoms with E-state index >= 15 is 0 Å². The van der Waals surface area contributed by atoms with Crippen LogP contribution in [0.5, 0.6) is 5.75 Å². The van der Waals surface area contributed by atoms with Gasteiger partial charge >= 0.3 is 0 Å². The summed E-state index contributed by atoms with van der Waals surface area (Å²) in [4.78, 5) is 11.9. The predicted molar refractivity (Wildman–Crippen MR) is 92.5 cm³/mol. The second-order valence-electron chi connectivity index (χ2n) is 5.11. The Hall–Kier alpha value is -2.58. The lowest BCUT2D eigenvalue weighted by molar-refractivity contribution is -0.117. The highest BCUT2D eigenvalue weighted by molar-refractivity contribution is 7.92. The minimum atomic E-state index is -3.72. The molecule has 4 N–H and O–H groups in total. The molecule has 0 aliphatic carbocycles. The smallest absolute Gasteiger partial charge is 0.261 e. The summed E-state index contributed by atoms with van der Waals surface area (Å²) in [5.41, 5.74) is 6.14. The maximum absolute atomic E-state index is 12.3. The fraction of sp³-hybridized carbons (Fsp3) is 0.188. The number of sulfonamides is 1. The number of hydrogen-bond acceptors (Lipinski definition) is 5. The first kappa shape index (κ1) is 17.8. The molecule has 7 nitrogen and oxygen atoms in total. The van der Waals surface area contributed by atoms with Gasteiger partial charge in [0.2, 0.25) is 5.91 Å². The van der Waals surface area contributed by atoms with Crippen LogP contribution in [-0.2, 0) is 14.8 Å². The number of nitrogens with two attached hydrogens (primary N) is 1. The fourth-order valence-electron chi connectivity index (χ4n) is 1.93. The van der Waals surface area contributed by atoms with Crippen LogP contribution in [0.25, 0.3) is 0 Å². The van der Waals surface area contributed by atoms with Crippen molar-refractivity contribution in [1.82, 2.24) is 0 Å². The summed E-state index contributed by atoms with van der Waals surface area (Å²) in [6, 6.07) is 11.8. The number of carbonyl (C=O) groups excluding carboxylic acids is 1.